The summed E-state index contributed by atoms with van der Waals surface area (Å²) in [6.45, 7) is 33.7. The summed E-state index contributed by atoms with van der Waals surface area (Å²) < 4.78 is 13.4. The van der Waals surface area contributed by atoms with Crippen LogP contribution in [0.25, 0.3) is 0 Å². The largest absolute Gasteiger partial charge is 0.384 e. The average Bonchev–Trinajstić information content (AvgIpc) is 3.01. The molecular formula is C31H60O2Si3. The molecule has 0 aromatic heterocycles. The van der Waals surface area contributed by atoms with Crippen molar-refractivity contribution in [2.24, 2.45) is 17.3 Å². The monoisotopic (exact) mass is 548 g/mol. The van der Waals surface area contributed by atoms with Crippen LogP contribution in [-0.4, -0.2) is 49.9 Å². The third-order valence-corrected chi connectivity index (χ3v) is 23.8. The van der Waals surface area contributed by atoms with E-state index in [1.807, 2.05) is 0 Å². The van der Waals surface area contributed by atoms with Crippen LogP contribution in [0.5, 0.6) is 0 Å². The first kappa shape index (κ1) is 32.0. The molecule has 0 unspecified atom stereocenters. The van der Waals surface area contributed by atoms with E-state index in [0.717, 1.165) is 37.5 Å². The summed E-state index contributed by atoms with van der Waals surface area (Å²) >= 11 is 0. The first-order valence-electron chi connectivity index (χ1n) is 14.4. The normalized spacial score (nSPS) is 21.7. The zero-order chi connectivity index (χ0) is 27.6. The maximum Gasteiger partial charge on any atom is 0.0829 e. The highest BCUT2D eigenvalue weighted by atomic mass is 28.3. The van der Waals surface area contributed by atoms with Gasteiger partial charge in [0.25, 0.3) is 0 Å². The molecule has 0 bridgehead atoms. The lowest BCUT2D eigenvalue weighted by Crippen LogP contribution is -2.45. The van der Waals surface area contributed by atoms with Gasteiger partial charge in [-0.3, -0.25) is 0 Å². The molecule has 1 aliphatic carbocycles. The molecule has 0 radical (unpaired) electrons. The van der Waals surface area contributed by atoms with Crippen LogP contribution >= 0.6 is 0 Å². The molecule has 1 aromatic carbocycles. The Morgan fingerprint density at radius 1 is 0.750 bits per heavy atom. The lowest BCUT2D eigenvalue weighted by molar-refractivity contribution is -0.00356. The van der Waals surface area contributed by atoms with E-state index < -0.39 is 24.2 Å². The van der Waals surface area contributed by atoms with Crippen LogP contribution in [0.3, 0.4) is 0 Å². The summed E-state index contributed by atoms with van der Waals surface area (Å²) in [5.74, 6) is 1.49. The Morgan fingerprint density at radius 2 is 1.19 bits per heavy atom. The van der Waals surface area contributed by atoms with Gasteiger partial charge in [-0.05, 0) is 34.8 Å². The van der Waals surface area contributed by atoms with Gasteiger partial charge in [-0.15, -0.1) is 0 Å². The van der Waals surface area contributed by atoms with Gasteiger partial charge in [0.15, 0.2) is 0 Å². The second-order valence-corrected chi connectivity index (χ2v) is 32.2. The molecule has 0 N–H and O–H groups in total. The molecule has 1 aromatic rings. The SMILES string of the molecule is C[C@@H]1CC(COC[Si](C)(C)C(C)(C)C)(COC[Si](C)(C)C(C)(C)C)C[C@@H]1C[Si](C)(C)c1ccccc1. The van der Waals surface area contributed by atoms with E-state index >= 15 is 0 Å². The highest BCUT2D eigenvalue weighted by Gasteiger charge is 2.47. The molecule has 0 aliphatic heterocycles. The standard InChI is InChI=1S/C31H60O2Si3/c1-26-19-31(22-32-24-35(10,11)29(2,3)4,23-33-25-36(12,13)30(5,6)7)20-27(26)21-34(8,9)28-17-15-14-16-18-28/h14-18,26-27H,19-25H2,1-13H3/t26-,27-/m1/s1. The molecule has 2 nitrogen and oxygen atoms in total. The van der Waals surface area contributed by atoms with Crippen LogP contribution in [0.2, 0.25) is 55.4 Å². The molecule has 36 heavy (non-hydrogen) atoms. The van der Waals surface area contributed by atoms with Gasteiger partial charge < -0.3 is 9.47 Å². The van der Waals surface area contributed by atoms with Crippen molar-refractivity contribution >= 4 is 29.4 Å². The van der Waals surface area contributed by atoms with Crippen molar-refractivity contribution in [2.45, 2.75) is 117 Å². The Hall–Kier alpha value is -0.209. The number of ether oxygens (including phenoxy) is 2. The summed E-state index contributed by atoms with van der Waals surface area (Å²) in [5, 5.41) is 2.31. The molecule has 208 valence electrons. The summed E-state index contributed by atoms with van der Waals surface area (Å²) in [6, 6.07) is 12.7. The molecule has 0 spiro atoms. The van der Waals surface area contributed by atoms with Gasteiger partial charge in [-0.2, -0.15) is 0 Å². The van der Waals surface area contributed by atoms with E-state index in [0.29, 0.717) is 10.1 Å². The molecule has 2 atom stereocenters. The predicted octanol–water partition coefficient (Wildman–Crippen LogP) is 8.76. The summed E-state index contributed by atoms with van der Waals surface area (Å²) in [7, 11) is -4.41. The van der Waals surface area contributed by atoms with Gasteiger partial charge in [0.05, 0.1) is 37.4 Å². The van der Waals surface area contributed by atoms with Gasteiger partial charge in [0.1, 0.15) is 0 Å². The van der Waals surface area contributed by atoms with Gasteiger partial charge in [-0.1, -0.05) is 129 Å². The van der Waals surface area contributed by atoms with Gasteiger partial charge >= 0.3 is 0 Å². The van der Waals surface area contributed by atoms with Crippen LogP contribution in [-0.2, 0) is 9.47 Å². The topological polar surface area (TPSA) is 18.5 Å². The average molecular weight is 549 g/mol. The molecule has 5 heteroatoms. The van der Waals surface area contributed by atoms with Crippen LogP contribution in [0.4, 0.5) is 0 Å². The Balaban J connectivity index is 2.17. The fourth-order valence-electron chi connectivity index (χ4n) is 5.38. The van der Waals surface area contributed by atoms with E-state index in [9.17, 15) is 0 Å². The minimum absolute atomic E-state index is 0.163. The predicted molar refractivity (Wildman–Crippen MR) is 169 cm³/mol. The van der Waals surface area contributed by atoms with E-state index in [2.05, 4.69) is 118 Å². The number of hydrogen-bond donors (Lipinski definition) is 0. The first-order valence-corrected chi connectivity index (χ1v) is 24.0. The van der Waals surface area contributed by atoms with Crippen molar-refractivity contribution in [3.63, 3.8) is 0 Å². The number of benzene rings is 1. The van der Waals surface area contributed by atoms with Crippen molar-refractivity contribution in [3.8, 4) is 0 Å². The van der Waals surface area contributed by atoms with Crippen LogP contribution < -0.4 is 5.19 Å². The lowest BCUT2D eigenvalue weighted by Gasteiger charge is -2.39. The molecule has 1 aliphatic rings. The number of rotatable bonds is 11. The molecule has 1 saturated carbocycles. The zero-order valence-electron chi connectivity index (χ0n) is 26.3. The first-order chi connectivity index (χ1) is 16.2. The minimum Gasteiger partial charge on any atom is -0.384 e. The van der Waals surface area contributed by atoms with Crippen molar-refractivity contribution in [3.05, 3.63) is 30.3 Å². The molecule has 0 amide bonds. The summed E-state index contributed by atoms with van der Waals surface area (Å²) in [5.41, 5.74) is 0.163. The third kappa shape index (κ3) is 8.14. The molecular weight excluding hydrogens is 489 g/mol. The zero-order valence-corrected chi connectivity index (χ0v) is 29.3. The van der Waals surface area contributed by atoms with Crippen molar-refractivity contribution in [1.29, 1.82) is 0 Å². The fourth-order valence-corrected chi connectivity index (χ4v) is 10.7. The Kier molecular flexibility index (Phi) is 10.2. The fraction of sp³-hybridized carbons (Fsp3) is 0.806. The second-order valence-electron chi connectivity index (χ2n) is 16.4. The van der Waals surface area contributed by atoms with Crippen LogP contribution in [0.1, 0.15) is 61.3 Å². The quantitative estimate of drug-likeness (QED) is 0.257. The highest BCUT2D eigenvalue weighted by molar-refractivity contribution is 6.89. The molecule has 1 fully saturated rings. The van der Waals surface area contributed by atoms with Crippen molar-refractivity contribution < 1.29 is 9.47 Å². The smallest absolute Gasteiger partial charge is 0.0829 e. The minimum atomic E-state index is -1.49. The maximum atomic E-state index is 6.68. The van der Waals surface area contributed by atoms with E-state index in [4.69, 9.17) is 9.47 Å². The van der Waals surface area contributed by atoms with Crippen LogP contribution in [0, 0.1) is 17.3 Å². The summed E-state index contributed by atoms with van der Waals surface area (Å²) in [6.07, 6.45) is 4.39. The number of hydrogen-bond acceptors (Lipinski definition) is 2. The third-order valence-electron chi connectivity index (χ3n) is 10.4. The highest BCUT2D eigenvalue weighted by Crippen LogP contribution is 2.49. The van der Waals surface area contributed by atoms with Gasteiger partial charge in [-0.25, -0.2) is 0 Å². The second kappa shape index (κ2) is 11.5. The van der Waals surface area contributed by atoms with E-state index in [1.54, 1.807) is 5.19 Å². The van der Waals surface area contributed by atoms with Gasteiger partial charge in [0, 0.05) is 17.9 Å². The molecule has 0 saturated heterocycles. The molecule has 0 heterocycles. The van der Waals surface area contributed by atoms with E-state index in [-0.39, 0.29) is 5.41 Å². The Morgan fingerprint density at radius 3 is 1.61 bits per heavy atom. The lowest BCUT2D eigenvalue weighted by atomic mass is 9.87. The van der Waals surface area contributed by atoms with Crippen molar-refractivity contribution in [1.82, 2.24) is 0 Å². The molecule has 2 rings (SSSR count). The maximum absolute atomic E-state index is 6.68. The van der Waals surface area contributed by atoms with Crippen molar-refractivity contribution in [2.75, 3.05) is 25.7 Å². The Labute approximate surface area is 228 Å². The van der Waals surface area contributed by atoms with Crippen LogP contribution in [0.15, 0.2) is 30.3 Å². The summed E-state index contributed by atoms with van der Waals surface area (Å²) in [4.78, 5) is 0. The van der Waals surface area contributed by atoms with Gasteiger partial charge in [0.2, 0.25) is 0 Å². The Bertz CT molecular complexity index is 786. The van der Waals surface area contributed by atoms with E-state index in [1.165, 1.54) is 18.9 Å².